The predicted octanol–water partition coefficient (Wildman–Crippen LogP) is 5.82. The fourth-order valence-corrected chi connectivity index (χ4v) is 7.99. The summed E-state index contributed by atoms with van der Waals surface area (Å²) in [6.07, 6.45) is 15.3. The van der Waals surface area contributed by atoms with E-state index in [1.165, 1.54) is 57.8 Å². The smallest absolute Gasteiger partial charge is 0.222 e. The van der Waals surface area contributed by atoms with Crippen LogP contribution in [0, 0.1) is 28.6 Å². The van der Waals surface area contributed by atoms with Crippen molar-refractivity contribution in [3.63, 3.8) is 0 Å². The van der Waals surface area contributed by atoms with E-state index in [0.717, 1.165) is 43.6 Å². The zero-order valence-electron chi connectivity index (χ0n) is 18.8. The fraction of sp³-hybridized carbons (Fsp3) is 0.960. The Kier molecular flexibility index (Phi) is 5.86. The van der Waals surface area contributed by atoms with E-state index >= 15 is 0 Å². The van der Waals surface area contributed by atoms with Gasteiger partial charge in [0.1, 0.15) is 0 Å². The summed E-state index contributed by atoms with van der Waals surface area (Å²) in [5.41, 5.74) is 0.837. The molecule has 0 aromatic heterocycles. The molecule has 28 heavy (non-hydrogen) atoms. The molecular weight excluding hydrogens is 346 g/mol. The number of carbonyl (C=O) groups excluding carboxylic acids is 1. The van der Waals surface area contributed by atoms with Crippen molar-refractivity contribution in [1.29, 1.82) is 0 Å². The zero-order chi connectivity index (χ0) is 19.9. The first kappa shape index (κ1) is 20.7. The molecule has 4 aliphatic rings. The summed E-state index contributed by atoms with van der Waals surface area (Å²) in [6.45, 7) is 8.28. The van der Waals surface area contributed by atoms with Crippen LogP contribution in [0.5, 0.6) is 0 Å². The molecule has 3 aliphatic carbocycles. The van der Waals surface area contributed by atoms with Gasteiger partial charge >= 0.3 is 0 Å². The highest BCUT2D eigenvalue weighted by Gasteiger charge is 2.62. The van der Waals surface area contributed by atoms with Crippen molar-refractivity contribution >= 4 is 5.91 Å². The van der Waals surface area contributed by atoms with Crippen molar-refractivity contribution in [2.45, 2.75) is 110 Å². The highest BCUT2D eigenvalue weighted by Crippen LogP contribution is 2.65. The molecule has 4 fully saturated rings. The zero-order valence-corrected chi connectivity index (χ0v) is 18.8. The SMILES string of the molecule is CCCCCCOC1CC2N(C)C(=O)CC[C@]2(C)[C@@H]2CC[C@]3(C)CCC[C@H]3[C@H]12. The van der Waals surface area contributed by atoms with Gasteiger partial charge in [-0.3, -0.25) is 4.79 Å². The summed E-state index contributed by atoms with van der Waals surface area (Å²) in [7, 11) is 2.06. The molecule has 3 nitrogen and oxygen atoms in total. The molecule has 0 aromatic rings. The monoisotopic (exact) mass is 389 g/mol. The van der Waals surface area contributed by atoms with E-state index in [-0.39, 0.29) is 0 Å². The number of carbonyl (C=O) groups is 1. The molecule has 0 radical (unpaired) electrons. The van der Waals surface area contributed by atoms with Crippen LogP contribution >= 0.6 is 0 Å². The third kappa shape index (κ3) is 3.34. The van der Waals surface area contributed by atoms with Crippen molar-refractivity contribution in [3.05, 3.63) is 0 Å². The Hall–Kier alpha value is -0.570. The van der Waals surface area contributed by atoms with Gasteiger partial charge in [-0.15, -0.1) is 0 Å². The van der Waals surface area contributed by atoms with E-state index in [0.29, 0.717) is 28.9 Å². The number of unbranched alkanes of at least 4 members (excludes halogenated alkanes) is 3. The van der Waals surface area contributed by atoms with Gasteiger partial charge in [0.25, 0.3) is 0 Å². The maximum Gasteiger partial charge on any atom is 0.222 e. The van der Waals surface area contributed by atoms with E-state index in [2.05, 4.69) is 32.7 Å². The van der Waals surface area contributed by atoms with E-state index in [9.17, 15) is 4.79 Å². The molecule has 0 spiro atoms. The standard InChI is InChI=1S/C25H43NO2/c1-5-6-7-8-16-28-20-17-21-25(3,15-12-22(27)26(21)4)19-11-14-24(2)13-9-10-18(24)23(19)20/h18-21,23H,5-17H2,1-4H3/t18-,19+,20?,21?,23-,24-,25+/m0/s1. The van der Waals surface area contributed by atoms with Gasteiger partial charge < -0.3 is 9.64 Å². The number of likely N-dealkylation sites (tertiary alicyclic amines) is 1. The highest BCUT2D eigenvalue weighted by molar-refractivity contribution is 5.77. The summed E-state index contributed by atoms with van der Waals surface area (Å²) < 4.78 is 6.69. The minimum absolute atomic E-state index is 0.291. The lowest BCUT2D eigenvalue weighted by atomic mass is 9.47. The maximum atomic E-state index is 12.5. The molecular formula is C25H43NO2. The lowest BCUT2D eigenvalue weighted by molar-refractivity contribution is -0.187. The minimum Gasteiger partial charge on any atom is -0.378 e. The van der Waals surface area contributed by atoms with Crippen molar-refractivity contribution in [2.24, 2.45) is 28.6 Å². The normalized spacial score (nSPS) is 45.5. The van der Waals surface area contributed by atoms with Crippen LogP contribution in [0.15, 0.2) is 0 Å². The number of piperidine rings is 1. The average Bonchev–Trinajstić information content (AvgIpc) is 3.07. The Morgan fingerprint density at radius 2 is 1.89 bits per heavy atom. The van der Waals surface area contributed by atoms with Gasteiger partial charge in [-0.05, 0) is 73.5 Å². The third-order valence-electron chi connectivity index (χ3n) is 9.68. The topological polar surface area (TPSA) is 29.5 Å². The van der Waals surface area contributed by atoms with Crippen LogP contribution in [0.3, 0.4) is 0 Å². The third-order valence-corrected chi connectivity index (χ3v) is 9.68. The Labute approximate surface area is 173 Å². The van der Waals surface area contributed by atoms with Crippen LogP contribution in [-0.2, 0) is 9.53 Å². The minimum atomic E-state index is 0.291. The van der Waals surface area contributed by atoms with Crippen LogP contribution in [0.1, 0.15) is 97.8 Å². The van der Waals surface area contributed by atoms with Crippen LogP contribution in [-0.4, -0.2) is 36.6 Å². The summed E-state index contributed by atoms with van der Waals surface area (Å²) in [5, 5.41) is 0. The molecule has 2 unspecified atom stereocenters. The molecule has 0 aromatic carbocycles. The summed E-state index contributed by atoms with van der Waals surface area (Å²) in [4.78, 5) is 14.6. The second-order valence-electron chi connectivity index (χ2n) is 11.1. The maximum absolute atomic E-state index is 12.5. The highest BCUT2D eigenvalue weighted by atomic mass is 16.5. The number of hydrogen-bond donors (Lipinski definition) is 0. The number of amides is 1. The first-order chi connectivity index (χ1) is 13.4. The van der Waals surface area contributed by atoms with Crippen LogP contribution in [0.2, 0.25) is 0 Å². The Bertz CT molecular complexity index is 577. The van der Waals surface area contributed by atoms with Gasteiger partial charge in [0, 0.05) is 26.1 Å². The Balaban J connectivity index is 1.57. The van der Waals surface area contributed by atoms with Gasteiger partial charge in [-0.25, -0.2) is 0 Å². The Morgan fingerprint density at radius 1 is 1.07 bits per heavy atom. The first-order valence-electron chi connectivity index (χ1n) is 12.3. The second kappa shape index (κ2) is 7.93. The summed E-state index contributed by atoms with van der Waals surface area (Å²) in [6, 6.07) is 0.376. The molecule has 3 heteroatoms. The Morgan fingerprint density at radius 3 is 2.68 bits per heavy atom. The lowest BCUT2D eigenvalue weighted by Crippen LogP contribution is -2.65. The molecule has 1 aliphatic heterocycles. The van der Waals surface area contributed by atoms with E-state index in [1.807, 2.05) is 0 Å². The predicted molar refractivity (Wildman–Crippen MR) is 114 cm³/mol. The van der Waals surface area contributed by atoms with Crippen molar-refractivity contribution in [1.82, 2.24) is 4.90 Å². The van der Waals surface area contributed by atoms with E-state index in [4.69, 9.17) is 4.74 Å². The first-order valence-corrected chi connectivity index (χ1v) is 12.3. The van der Waals surface area contributed by atoms with Gasteiger partial charge in [0.2, 0.25) is 5.91 Å². The van der Waals surface area contributed by atoms with Crippen molar-refractivity contribution in [2.75, 3.05) is 13.7 Å². The van der Waals surface area contributed by atoms with E-state index < -0.39 is 0 Å². The number of nitrogens with zero attached hydrogens (tertiary/aromatic N) is 1. The van der Waals surface area contributed by atoms with E-state index in [1.54, 1.807) is 0 Å². The van der Waals surface area contributed by atoms with Gasteiger partial charge in [-0.2, -0.15) is 0 Å². The van der Waals surface area contributed by atoms with Gasteiger partial charge in [0.05, 0.1) is 6.10 Å². The van der Waals surface area contributed by atoms with Crippen molar-refractivity contribution in [3.8, 4) is 0 Å². The van der Waals surface area contributed by atoms with Crippen LogP contribution in [0.25, 0.3) is 0 Å². The summed E-state index contributed by atoms with van der Waals surface area (Å²) >= 11 is 0. The molecule has 0 bridgehead atoms. The van der Waals surface area contributed by atoms with Crippen LogP contribution in [0.4, 0.5) is 0 Å². The molecule has 160 valence electrons. The molecule has 0 N–H and O–H groups in total. The number of hydrogen-bond acceptors (Lipinski definition) is 2. The molecule has 7 atom stereocenters. The summed E-state index contributed by atoms with van der Waals surface area (Å²) in [5.74, 6) is 2.64. The molecule has 1 heterocycles. The largest absolute Gasteiger partial charge is 0.378 e. The number of fused-ring (bicyclic) bond motifs is 5. The molecule has 1 amide bonds. The van der Waals surface area contributed by atoms with Gasteiger partial charge in [-0.1, -0.05) is 46.5 Å². The van der Waals surface area contributed by atoms with Crippen LogP contribution < -0.4 is 0 Å². The quantitative estimate of drug-likeness (QED) is 0.536. The lowest BCUT2D eigenvalue weighted by Gasteiger charge is -2.63. The number of ether oxygens (including phenoxy) is 1. The number of rotatable bonds is 6. The molecule has 4 rings (SSSR count). The molecule has 3 saturated carbocycles. The van der Waals surface area contributed by atoms with Crippen molar-refractivity contribution < 1.29 is 9.53 Å². The fourth-order valence-electron chi connectivity index (χ4n) is 7.99. The average molecular weight is 390 g/mol. The van der Waals surface area contributed by atoms with Gasteiger partial charge in [0.15, 0.2) is 0 Å². The molecule has 1 saturated heterocycles. The second-order valence-corrected chi connectivity index (χ2v) is 11.1.